The largest absolute Gasteiger partial charge is 0.464 e. The smallest absolute Gasteiger partial charge is 0.340 e. The molecule has 0 aromatic carbocycles. The summed E-state index contributed by atoms with van der Waals surface area (Å²) < 4.78 is 4.52. The third-order valence-corrected chi connectivity index (χ3v) is 0.715. The number of esters is 1. The highest BCUT2D eigenvalue weighted by Gasteiger charge is 2.23. The van der Waals surface area contributed by atoms with Gasteiger partial charge < -0.3 is 16.2 Å². The lowest BCUT2D eigenvalue weighted by molar-refractivity contribution is -0.148. The van der Waals surface area contributed by atoms with Crippen LogP contribution in [0.25, 0.3) is 0 Å². The average Bonchev–Trinajstić information content (AvgIpc) is 1.64. The second kappa shape index (κ2) is 2.80. The average molecular weight is 132 g/mol. The number of carbonyl (C=O) groups is 1. The molecular formula is C5H12N2O2. The first-order valence-electron chi connectivity index (χ1n) is 2.73. The minimum Gasteiger partial charge on any atom is -0.464 e. The molecule has 0 aliphatic carbocycles. The monoisotopic (exact) mass is 132 g/mol. The van der Waals surface area contributed by atoms with Gasteiger partial charge in [-0.1, -0.05) is 0 Å². The van der Waals surface area contributed by atoms with E-state index in [2.05, 4.69) is 4.74 Å². The van der Waals surface area contributed by atoms with Crippen LogP contribution in [0.3, 0.4) is 0 Å². The zero-order chi connectivity index (χ0) is 7.49. The van der Waals surface area contributed by atoms with E-state index in [0.29, 0.717) is 6.61 Å². The Labute approximate surface area is 54.2 Å². The van der Waals surface area contributed by atoms with Crippen LogP contribution >= 0.6 is 0 Å². The standard InChI is InChI=1S/C5H12N2O2/c1-3-9-4(8)5(2,6)7/h3,6-7H2,1-2H3. The van der Waals surface area contributed by atoms with Gasteiger partial charge in [-0.2, -0.15) is 0 Å². The van der Waals surface area contributed by atoms with Crippen molar-refractivity contribution in [1.82, 2.24) is 0 Å². The molecule has 0 unspecified atom stereocenters. The summed E-state index contributed by atoms with van der Waals surface area (Å²) in [6.45, 7) is 3.40. The lowest BCUT2D eigenvalue weighted by Gasteiger charge is -2.15. The summed E-state index contributed by atoms with van der Waals surface area (Å²) in [6, 6.07) is 0. The summed E-state index contributed by atoms with van der Waals surface area (Å²) in [6.07, 6.45) is 0. The summed E-state index contributed by atoms with van der Waals surface area (Å²) >= 11 is 0. The van der Waals surface area contributed by atoms with Gasteiger partial charge in [-0.3, -0.25) is 0 Å². The molecular weight excluding hydrogens is 120 g/mol. The Morgan fingerprint density at radius 1 is 1.67 bits per heavy atom. The van der Waals surface area contributed by atoms with E-state index in [1.54, 1.807) is 6.92 Å². The van der Waals surface area contributed by atoms with Crippen LogP contribution in [-0.4, -0.2) is 18.2 Å². The molecule has 0 aliphatic rings. The van der Waals surface area contributed by atoms with Gasteiger partial charge in [-0.25, -0.2) is 4.79 Å². The summed E-state index contributed by atoms with van der Waals surface area (Å²) in [4.78, 5) is 10.6. The molecule has 0 radical (unpaired) electrons. The van der Waals surface area contributed by atoms with Crippen LogP contribution in [0.2, 0.25) is 0 Å². The summed E-state index contributed by atoms with van der Waals surface area (Å²) in [5.41, 5.74) is 8.99. The summed E-state index contributed by atoms with van der Waals surface area (Å²) in [5.74, 6) is -0.579. The molecule has 0 saturated heterocycles. The first kappa shape index (κ1) is 8.39. The number of carbonyl (C=O) groups excluding carboxylic acids is 1. The van der Waals surface area contributed by atoms with Crippen molar-refractivity contribution in [3.63, 3.8) is 0 Å². The van der Waals surface area contributed by atoms with Gasteiger partial charge in [0.1, 0.15) is 0 Å². The minimum atomic E-state index is -1.35. The molecule has 4 N–H and O–H groups in total. The zero-order valence-corrected chi connectivity index (χ0v) is 5.68. The zero-order valence-electron chi connectivity index (χ0n) is 5.68. The van der Waals surface area contributed by atoms with Gasteiger partial charge in [0.05, 0.1) is 6.61 Å². The molecule has 0 rings (SSSR count). The number of rotatable bonds is 2. The van der Waals surface area contributed by atoms with Crippen molar-refractivity contribution >= 4 is 5.97 Å². The summed E-state index contributed by atoms with van der Waals surface area (Å²) in [7, 11) is 0. The van der Waals surface area contributed by atoms with Crippen LogP contribution in [0.15, 0.2) is 0 Å². The van der Waals surface area contributed by atoms with Gasteiger partial charge in [0, 0.05) is 0 Å². The normalized spacial score (nSPS) is 11.1. The maximum atomic E-state index is 10.6. The molecule has 0 heterocycles. The van der Waals surface area contributed by atoms with Crippen molar-refractivity contribution in [3.8, 4) is 0 Å². The third kappa shape index (κ3) is 3.05. The van der Waals surface area contributed by atoms with Gasteiger partial charge in [0.15, 0.2) is 5.66 Å². The van der Waals surface area contributed by atoms with E-state index < -0.39 is 11.6 Å². The van der Waals surface area contributed by atoms with E-state index in [1.165, 1.54) is 6.92 Å². The SMILES string of the molecule is CCOC(=O)C(C)(N)N. The fraction of sp³-hybridized carbons (Fsp3) is 0.800. The van der Waals surface area contributed by atoms with Crippen molar-refractivity contribution < 1.29 is 9.53 Å². The van der Waals surface area contributed by atoms with E-state index in [4.69, 9.17) is 11.5 Å². The molecule has 0 aliphatic heterocycles. The van der Waals surface area contributed by atoms with Crippen molar-refractivity contribution in [2.45, 2.75) is 19.5 Å². The van der Waals surface area contributed by atoms with E-state index in [1.807, 2.05) is 0 Å². The lowest BCUT2D eigenvalue weighted by atomic mass is 10.2. The lowest BCUT2D eigenvalue weighted by Crippen LogP contribution is -2.54. The van der Waals surface area contributed by atoms with Crippen LogP contribution in [-0.2, 0) is 9.53 Å². The third-order valence-electron chi connectivity index (χ3n) is 0.715. The van der Waals surface area contributed by atoms with Crippen LogP contribution in [0.5, 0.6) is 0 Å². The molecule has 0 spiro atoms. The molecule has 0 bridgehead atoms. The Balaban J connectivity index is 3.74. The fourth-order valence-corrected chi connectivity index (χ4v) is 0.287. The molecule has 0 atom stereocenters. The van der Waals surface area contributed by atoms with E-state index in [-0.39, 0.29) is 0 Å². The molecule has 4 nitrogen and oxygen atoms in total. The van der Waals surface area contributed by atoms with E-state index in [0.717, 1.165) is 0 Å². The van der Waals surface area contributed by atoms with Crippen LogP contribution in [0, 0.1) is 0 Å². The van der Waals surface area contributed by atoms with Gasteiger partial charge >= 0.3 is 5.97 Å². The quantitative estimate of drug-likeness (QED) is 0.380. The molecule has 0 saturated carbocycles. The van der Waals surface area contributed by atoms with Gasteiger partial charge in [-0.15, -0.1) is 0 Å². The number of hydrogen-bond acceptors (Lipinski definition) is 4. The predicted molar refractivity (Wildman–Crippen MR) is 33.4 cm³/mol. The molecule has 54 valence electrons. The Kier molecular flexibility index (Phi) is 2.61. The molecule has 4 heteroatoms. The van der Waals surface area contributed by atoms with Gasteiger partial charge in [0.25, 0.3) is 0 Å². The molecule has 0 aromatic heterocycles. The van der Waals surface area contributed by atoms with Crippen molar-refractivity contribution in [2.24, 2.45) is 11.5 Å². The highest BCUT2D eigenvalue weighted by molar-refractivity contribution is 5.78. The fourth-order valence-electron chi connectivity index (χ4n) is 0.287. The Morgan fingerprint density at radius 3 is 2.22 bits per heavy atom. The van der Waals surface area contributed by atoms with Crippen LogP contribution < -0.4 is 11.5 Å². The van der Waals surface area contributed by atoms with Gasteiger partial charge in [-0.05, 0) is 13.8 Å². The second-order valence-electron chi connectivity index (χ2n) is 2.00. The van der Waals surface area contributed by atoms with E-state index >= 15 is 0 Å². The highest BCUT2D eigenvalue weighted by atomic mass is 16.5. The molecule has 0 amide bonds. The first-order valence-corrected chi connectivity index (χ1v) is 2.73. The molecule has 0 aromatic rings. The summed E-state index contributed by atoms with van der Waals surface area (Å²) in [5, 5.41) is 0. The van der Waals surface area contributed by atoms with E-state index in [9.17, 15) is 4.79 Å². The first-order chi connectivity index (χ1) is 3.98. The molecule has 0 fully saturated rings. The molecule has 9 heavy (non-hydrogen) atoms. The van der Waals surface area contributed by atoms with Crippen molar-refractivity contribution in [1.29, 1.82) is 0 Å². The Hall–Kier alpha value is -0.610. The Morgan fingerprint density at radius 2 is 2.11 bits per heavy atom. The highest BCUT2D eigenvalue weighted by Crippen LogP contribution is 1.90. The van der Waals surface area contributed by atoms with Crippen molar-refractivity contribution in [2.75, 3.05) is 6.61 Å². The van der Waals surface area contributed by atoms with Crippen LogP contribution in [0.1, 0.15) is 13.8 Å². The maximum Gasteiger partial charge on any atom is 0.340 e. The second-order valence-corrected chi connectivity index (χ2v) is 2.00. The Bertz CT molecular complexity index is 106. The topological polar surface area (TPSA) is 78.3 Å². The maximum absolute atomic E-state index is 10.6. The minimum absolute atomic E-state index is 0.308. The number of hydrogen-bond donors (Lipinski definition) is 2. The predicted octanol–water partition coefficient (Wildman–Crippen LogP) is -0.817. The number of nitrogens with two attached hydrogens (primary N) is 2. The van der Waals surface area contributed by atoms with Gasteiger partial charge in [0.2, 0.25) is 0 Å². The number of ether oxygens (including phenoxy) is 1. The van der Waals surface area contributed by atoms with Crippen LogP contribution in [0.4, 0.5) is 0 Å². The van der Waals surface area contributed by atoms with Crippen molar-refractivity contribution in [3.05, 3.63) is 0 Å².